The molecule has 1 atom stereocenters. The summed E-state index contributed by atoms with van der Waals surface area (Å²) in [5.41, 5.74) is 7.53. The molecule has 204 valence electrons. The number of hydrogen-bond donors (Lipinski definition) is 1. The third-order valence-corrected chi connectivity index (χ3v) is 7.18. The van der Waals surface area contributed by atoms with Crippen molar-refractivity contribution in [2.24, 2.45) is 5.73 Å². The van der Waals surface area contributed by atoms with E-state index in [0.29, 0.717) is 21.6 Å². The van der Waals surface area contributed by atoms with E-state index in [-0.39, 0.29) is 28.2 Å². The van der Waals surface area contributed by atoms with Gasteiger partial charge in [0.2, 0.25) is 0 Å². The smallest absolute Gasteiger partial charge is 0.338 e. The number of methoxy groups -OCH3 is 2. The molecule has 2 aromatic carbocycles. The molecule has 0 radical (unpaired) electrons. The van der Waals surface area contributed by atoms with E-state index in [1.165, 1.54) is 4.57 Å². The van der Waals surface area contributed by atoms with E-state index < -0.39 is 29.5 Å². The van der Waals surface area contributed by atoms with Crippen LogP contribution in [0.1, 0.15) is 37.8 Å². The van der Waals surface area contributed by atoms with Gasteiger partial charge in [-0.05, 0) is 62.2 Å². The molecule has 1 aromatic heterocycles. The van der Waals surface area contributed by atoms with Crippen LogP contribution in [-0.2, 0) is 19.1 Å². The molecule has 2 heterocycles. The van der Waals surface area contributed by atoms with Crippen molar-refractivity contribution in [3.8, 4) is 11.5 Å². The van der Waals surface area contributed by atoms with E-state index in [1.807, 2.05) is 12.1 Å². The first-order chi connectivity index (χ1) is 18.7. The van der Waals surface area contributed by atoms with E-state index in [0.717, 1.165) is 16.9 Å². The molecule has 9 nitrogen and oxygen atoms in total. The topological polar surface area (TPSA) is 119 Å². The Kier molecular flexibility index (Phi) is 8.25. The highest BCUT2D eigenvalue weighted by atomic mass is 32.1. The Morgan fingerprint density at radius 3 is 2.10 bits per heavy atom. The normalized spacial score (nSPS) is 15.3. The van der Waals surface area contributed by atoms with Crippen LogP contribution in [0.15, 0.2) is 58.9 Å². The number of nitrogens with two attached hydrogens (primary N) is 1. The van der Waals surface area contributed by atoms with Crippen molar-refractivity contribution < 1.29 is 28.5 Å². The molecule has 1 aliphatic rings. The van der Waals surface area contributed by atoms with Crippen molar-refractivity contribution in [2.45, 2.75) is 32.8 Å². The highest BCUT2D eigenvalue weighted by Crippen LogP contribution is 2.38. The van der Waals surface area contributed by atoms with Gasteiger partial charge < -0.3 is 24.7 Å². The monoisotopic (exact) mass is 550 g/mol. The molecule has 1 aliphatic heterocycles. The predicted molar refractivity (Wildman–Crippen MR) is 149 cm³/mol. The Labute approximate surface area is 229 Å². The molecule has 39 heavy (non-hydrogen) atoms. The van der Waals surface area contributed by atoms with Crippen LogP contribution in [0.5, 0.6) is 11.5 Å². The summed E-state index contributed by atoms with van der Waals surface area (Å²) < 4.78 is 23.3. The van der Waals surface area contributed by atoms with Gasteiger partial charge in [-0.3, -0.25) is 9.36 Å². The number of ether oxygens (including phenoxy) is 4. The second-order valence-electron chi connectivity index (χ2n) is 8.92. The standard InChI is InChI=1S/C29H30N2O7S/c1-6-37-28(33)23-22(18-9-13-20(36-5)14-10-18)24(29(34)38-16(2)3)27-31(25(23)30)26(32)21(39-27)15-17-7-11-19(35-4)12-8-17/h7-16,22H,6,30H2,1-5H3/t22-/m1/s1. The first-order valence-corrected chi connectivity index (χ1v) is 13.2. The van der Waals surface area contributed by atoms with Gasteiger partial charge in [-0.25, -0.2) is 9.59 Å². The number of hydrogen-bond acceptors (Lipinski definition) is 9. The third kappa shape index (κ3) is 5.46. The Hall–Kier alpha value is -4.31. The second kappa shape index (κ2) is 11.6. The first-order valence-electron chi connectivity index (χ1n) is 12.3. The van der Waals surface area contributed by atoms with Gasteiger partial charge in [0.1, 0.15) is 22.0 Å². The number of rotatable bonds is 8. The average molecular weight is 551 g/mol. The minimum absolute atomic E-state index is 0.0129. The molecule has 2 N–H and O–H groups in total. The molecule has 10 heteroatoms. The van der Waals surface area contributed by atoms with Gasteiger partial charge in [-0.1, -0.05) is 24.3 Å². The number of thiazole rings is 1. The molecule has 0 bridgehead atoms. The summed E-state index contributed by atoms with van der Waals surface area (Å²) in [5.74, 6) is -1.15. The zero-order chi connectivity index (χ0) is 28.3. The SMILES string of the molecule is CCOC(=O)C1=C(N)n2c(sc(=Cc3ccc(OC)cc3)c2=O)=C(C(=O)OC(C)C)[C@@H]1c1ccc(OC)cc1. The summed E-state index contributed by atoms with van der Waals surface area (Å²) >= 11 is 1.10. The van der Waals surface area contributed by atoms with Gasteiger partial charge in [0, 0.05) is 0 Å². The zero-order valence-electron chi connectivity index (χ0n) is 22.3. The van der Waals surface area contributed by atoms with Crippen molar-refractivity contribution in [3.63, 3.8) is 0 Å². The number of aromatic nitrogens is 1. The van der Waals surface area contributed by atoms with Gasteiger partial charge in [0.15, 0.2) is 0 Å². The molecule has 4 rings (SSSR count). The number of carbonyl (C=O) groups is 2. The summed E-state index contributed by atoms with van der Waals surface area (Å²) in [6, 6.07) is 14.1. The fourth-order valence-corrected chi connectivity index (χ4v) is 5.48. The van der Waals surface area contributed by atoms with Crippen LogP contribution < -0.4 is 30.0 Å². The molecule has 0 amide bonds. The van der Waals surface area contributed by atoms with Crippen molar-refractivity contribution >= 4 is 40.7 Å². The molecule has 0 aliphatic carbocycles. The fraction of sp³-hybridized carbons (Fsp3) is 0.276. The van der Waals surface area contributed by atoms with E-state index >= 15 is 0 Å². The largest absolute Gasteiger partial charge is 0.497 e. The summed E-state index contributed by atoms with van der Waals surface area (Å²) in [5, 5.41) is 0. The number of nitrogens with zero attached hydrogens (tertiary/aromatic N) is 1. The van der Waals surface area contributed by atoms with Crippen LogP contribution in [0.2, 0.25) is 0 Å². The third-order valence-electron chi connectivity index (χ3n) is 6.07. The summed E-state index contributed by atoms with van der Waals surface area (Å²) in [7, 11) is 3.11. The Bertz CT molecular complexity index is 1600. The lowest BCUT2D eigenvalue weighted by Crippen LogP contribution is -2.42. The van der Waals surface area contributed by atoms with Crippen molar-refractivity contribution in [2.75, 3.05) is 20.8 Å². The minimum Gasteiger partial charge on any atom is -0.497 e. The zero-order valence-corrected chi connectivity index (χ0v) is 23.2. The molecule has 0 saturated carbocycles. The number of fused-ring (bicyclic) bond motifs is 1. The van der Waals surface area contributed by atoms with Crippen molar-refractivity contribution in [3.05, 3.63) is 84.8 Å². The van der Waals surface area contributed by atoms with Gasteiger partial charge >= 0.3 is 11.9 Å². The highest BCUT2D eigenvalue weighted by molar-refractivity contribution is 7.07. The molecule has 0 spiro atoms. The molecular weight excluding hydrogens is 520 g/mol. The number of benzene rings is 2. The van der Waals surface area contributed by atoms with E-state index in [4.69, 9.17) is 24.7 Å². The fourth-order valence-electron chi connectivity index (χ4n) is 4.31. The van der Waals surface area contributed by atoms with Gasteiger partial charge in [-0.15, -0.1) is 11.3 Å². The lowest BCUT2D eigenvalue weighted by molar-refractivity contribution is -0.140. The second-order valence-corrected chi connectivity index (χ2v) is 9.95. The minimum atomic E-state index is -0.937. The summed E-state index contributed by atoms with van der Waals surface area (Å²) in [6.45, 7) is 5.20. The van der Waals surface area contributed by atoms with Gasteiger partial charge in [0.25, 0.3) is 5.56 Å². The molecule has 0 unspecified atom stereocenters. The Morgan fingerprint density at radius 2 is 1.56 bits per heavy atom. The van der Waals surface area contributed by atoms with Crippen LogP contribution in [0.4, 0.5) is 0 Å². The summed E-state index contributed by atoms with van der Waals surface area (Å²) in [4.78, 5) is 40.6. The van der Waals surface area contributed by atoms with Crippen LogP contribution in [0, 0.1) is 0 Å². The van der Waals surface area contributed by atoms with Gasteiger partial charge in [-0.2, -0.15) is 0 Å². The maximum Gasteiger partial charge on any atom is 0.338 e. The average Bonchev–Trinajstić information content (AvgIpc) is 3.24. The molecule has 0 saturated heterocycles. The van der Waals surface area contributed by atoms with Crippen LogP contribution in [0.3, 0.4) is 0 Å². The maximum atomic E-state index is 13.7. The van der Waals surface area contributed by atoms with E-state index in [1.54, 1.807) is 77.5 Å². The lowest BCUT2D eigenvalue weighted by Gasteiger charge is -2.27. The van der Waals surface area contributed by atoms with Crippen molar-refractivity contribution in [1.82, 2.24) is 4.57 Å². The molecular formula is C29H30N2O7S. The van der Waals surface area contributed by atoms with Crippen LogP contribution >= 0.6 is 11.3 Å². The van der Waals surface area contributed by atoms with Crippen molar-refractivity contribution in [1.29, 1.82) is 0 Å². The first kappa shape index (κ1) is 27.7. The number of carbonyl (C=O) groups excluding carboxylic acids is 2. The Morgan fingerprint density at radius 1 is 0.974 bits per heavy atom. The van der Waals surface area contributed by atoms with Gasteiger partial charge in [0.05, 0.1) is 48.5 Å². The Balaban J connectivity index is 2.07. The highest BCUT2D eigenvalue weighted by Gasteiger charge is 2.40. The quantitative estimate of drug-likeness (QED) is 0.425. The predicted octanol–water partition coefficient (Wildman–Crippen LogP) is 2.35. The van der Waals surface area contributed by atoms with E-state index in [2.05, 4.69) is 0 Å². The summed E-state index contributed by atoms with van der Waals surface area (Å²) in [6.07, 6.45) is 1.25. The maximum absolute atomic E-state index is 13.7. The lowest BCUT2D eigenvalue weighted by atomic mass is 9.83. The molecule has 3 aromatic rings. The van der Waals surface area contributed by atoms with Crippen LogP contribution in [-0.4, -0.2) is 43.4 Å². The van der Waals surface area contributed by atoms with Crippen LogP contribution in [0.25, 0.3) is 17.5 Å². The number of esters is 2. The molecule has 0 fully saturated rings. The van der Waals surface area contributed by atoms with E-state index in [9.17, 15) is 14.4 Å².